The summed E-state index contributed by atoms with van der Waals surface area (Å²) in [6.07, 6.45) is 0. The fraction of sp³-hybridized carbons (Fsp3) is 0. The molecule has 4 heteroatoms. The Labute approximate surface area is 43.1 Å². The highest BCUT2D eigenvalue weighted by molar-refractivity contribution is 7.54. The summed E-state index contributed by atoms with van der Waals surface area (Å²) in [6, 6.07) is 0. The van der Waals surface area contributed by atoms with Gasteiger partial charge < -0.3 is 0 Å². The van der Waals surface area contributed by atoms with Crippen molar-refractivity contribution in [3.05, 3.63) is 0 Å². The minimum absolute atomic E-state index is 0. The smallest absolute Gasteiger partial charge is 0.214 e. The van der Waals surface area contributed by atoms with Gasteiger partial charge in [0.2, 0.25) is 0 Å². The second-order valence-corrected chi connectivity index (χ2v) is 6.68. The predicted molar refractivity (Wildman–Crippen MR) is 25.4 cm³/mol. The van der Waals surface area contributed by atoms with Crippen LogP contribution in [0.3, 0.4) is 0 Å². The SMILES string of the molecule is [Cl][Al]([Cl])[Cl].[HH]. The highest BCUT2D eigenvalue weighted by atomic mass is 35.8. The van der Waals surface area contributed by atoms with E-state index in [1.165, 1.54) is 0 Å². The van der Waals surface area contributed by atoms with E-state index in [0.29, 0.717) is 0 Å². The summed E-state index contributed by atoms with van der Waals surface area (Å²) < 4.78 is 0. The van der Waals surface area contributed by atoms with Gasteiger partial charge in [0.15, 0.2) is 0 Å². The van der Waals surface area contributed by atoms with Gasteiger partial charge >= 0.3 is 11.4 Å². The lowest BCUT2D eigenvalue weighted by Crippen LogP contribution is -1.66. The van der Waals surface area contributed by atoms with Crippen molar-refractivity contribution in [1.29, 1.82) is 0 Å². The van der Waals surface area contributed by atoms with E-state index in [2.05, 4.69) is 0 Å². The lowest BCUT2D eigenvalue weighted by molar-refractivity contribution is 4.07. The summed E-state index contributed by atoms with van der Waals surface area (Å²) in [4.78, 5) is 0. The van der Waals surface area contributed by atoms with Crippen molar-refractivity contribution in [2.45, 2.75) is 0 Å². The zero-order valence-electron chi connectivity index (χ0n) is 1.71. The molecule has 0 aliphatic rings. The molecule has 26 valence electrons. The zero-order valence-corrected chi connectivity index (χ0v) is 5.13. The fourth-order valence-corrected chi connectivity index (χ4v) is 0. The lowest BCUT2D eigenvalue weighted by Gasteiger charge is -1.57. The highest BCUT2D eigenvalue weighted by Gasteiger charge is 2.00. The van der Waals surface area contributed by atoms with Crippen LogP contribution in [0.4, 0.5) is 0 Å². The van der Waals surface area contributed by atoms with Gasteiger partial charge in [0.1, 0.15) is 0 Å². The van der Waals surface area contributed by atoms with Gasteiger partial charge in [-0.3, -0.25) is 0 Å². The molecule has 0 bridgehead atoms. The van der Waals surface area contributed by atoms with Crippen LogP contribution >= 0.6 is 30.1 Å². The monoisotopic (exact) mass is 134 g/mol. The molecule has 0 aromatic carbocycles. The summed E-state index contributed by atoms with van der Waals surface area (Å²) in [5.41, 5.74) is 0. The summed E-state index contributed by atoms with van der Waals surface area (Å²) in [6.45, 7) is 0. The quantitative estimate of drug-likeness (QED) is 0.445. The van der Waals surface area contributed by atoms with E-state index in [4.69, 9.17) is 30.1 Å². The summed E-state index contributed by atoms with van der Waals surface area (Å²) in [5.74, 6) is 0. The molecule has 0 amide bonds. The molecule has 0 atom stereocenters. The Morgan fingerprint density at radius 1 is 1.25 bits per heavy atom. The van der Waals surface area contributed by atoms with Crippen LogP contribution in [0.25, 0.3) is 0 Å². The standard InChI is InChI=1S/Al.3ClH.H2/h;4*1H/q+3;;;;/p-3. The molecule has 0 fully saturated rings. The second-order valence-electron chi connectivity index (χ2n) is 0.247. The second kappa shape index (κ2) is 2.63. The third-order valence-electron chi connectivity index (χ3n) is 0. The normalized spacial score (nSPS) is 6.75. The lowest BCUT2D eigenvalue weighted by atomic mass is 26.6. The first-order valence-electron chi connectivity index (χ1n) is 0.655. The summed E-state index contributed by atoms with van der Waals surface area (Å²) >= 11 is -1.72. The van der Waals surface area contributed by atoms with Gasteiger partial charge in [-0.05, 0) is 0 Å². The van der Waals surface area contributed by atoms with Crippen molar-refractivity contribution >= 4 is 41.5 Å². The van der Waals surface area contributed by atoms with Crippen LogP contribution in [0.5, 0.6) is 0 Å². The first kappa shape index (κ1) is 5.40. The Balaban J connectivity index is 0. The Kier molecular flexibility index (Phi) is 3.55. The molecule has 0 unspecified atom stereocenters. The molecule has 0 saturated carbocycles. The van der Waals surface area contributed by atoms with E-state index in [1.807, 2.05) is 0 Å². The zero-order chi connectivity index (χ0) is 3.58. The third-order valence-corrected chi connectivity index (χ3v) is 0. The molecule has 0 aliphatic carbocycles. The minimum atomic E-state index is -1.72. The van der Waals surface area contributed by atoms with Crippen molar-refractivity contribution in [1.82, 2.24) is 0 Å². The Morgan fingerprint density at radius 2 is 1.25 bits per heavy atom. The van der Waals surface area contributed by atoms with Crippen LogP contribution in [-0.2, 0) is 0 Å². The topological polar surface area (TPSA) is 0 Å². The maximum atomic E-state index is 4.94. The molecule has 0 aromatic heterocycles. The molecular weight excluding hydrogens is 133 g/mol. The van der Waals surface area contributed by atoms with E-state index in [0.717, 1.165) is 0 Å². The van der Waals surface area contributed by atoms with E-state index < -0.39 is 11.4 Å². The van der Waals surface area contributed by atoms with Crippen LogP contribution in [-0.4, -0.2) is 11.4 Å². The van der Waals surface area contributed by atoms with Crippen molar-refractivity contribution in [3.8, 4) is 0 Å². The molecule has 0 N–H and O–H groups in total. The van der Waals surface area contributed by atoms with E-state index in [1.54, 1.807) is 0 Å². The van der Waals surface area contributed by atoms with Crippen LogP contribution < -0.4 is 0 Å². The molecule has 0 rings (SSSR count). The van der Waals surface area contributed by atoms with E-state index >= 15 is 0 Å². The molecular formula is H2AlCl3. The number of hydrogen-bond donors (Lipinski definition) is 0. The van der Waals surface area contributed by atoms with Gasteiger partial charge in [0.25, 0.3) is 0 Å². The van der Waals surface area contributed by atoms with E-state index in [-0.39, 0.29) is 1.43 Å². The van der Waals surface area contributed by atoms with Crippen molar-refractivity contribution in [2.24, 2.45) is 0 Å². The average molecular weight is 135 g/mol. The Bertz CT molecular complexity index is 11.6. The number of hydrogen-bond acceptors (Lipinski definition) is 0. The van der Waals surface area contributed by atoms with E-state index in [9.17, 15) is 0 Å². The largest absolute Gasteiger partial charge is 0.643 e. The molecule has 0 nitrogen and oxygen atoms in total. The van der Waals surface area contributed by atoms with Crippen LogP contribution in [0.15, 0.2) is 0 Å². The molecule has 0 radical (unpaired) electrons. The maximum absolute atomic E-state index is 4.94. The average Bonchev–Trinajstić information content (AvgIpc) is 0.811. The van der Waals surface area contributed by atoms with Crippen molar-refractivity contribution < 1.29 is 1.43 Å². The Hall–Kier alpha value is 1.40. The number of halogens is 3. The first-order valence-corrected chi connectivity index (χ1v) is 5.89. The summed E-state index contributed by atoms with van der Waals surface area (Å²) in [5, 5.41) is 0. The van der Waals surface area contributed by atoms with Crippen molar-refractivity contribution in [3.63, 3.8) is 0 Å². The molecule has 0 aliphatic heterocycles. The van der Waals surface area contributed by atoms with Gasteiger partial charge in [0, 0.05) is 1.43 Å². The fourth-order valence-electron chi connectivity index (χ4n) is 0. The van der Waals surface area contributed by atoms with Crippen LogP contribution in [0.2, 0.25) is 0 Å². The molecule has 0 heterocycles. The van der Waals surface area contributed by atoms with Gasteiger partial charge in [-0.25, -0.2) is 30.1 Å². The number of rotatable bonds is 0. The van der Waals surface area contributed by atoms with Crippen LogP contribution in [0.1, 0.15) is 1.43 Å². The molecule has 0 spiro atoms. The highest BCUT2D eigenvalue weighted by Crippen LogP contribution is 1.97. The van der Waals surface area contributed by atoms with Crippen LogP contribution in [0, 0.1) is 0 Å². The van der Waals surface area contributed by atoms with Gasteiger partial charge in [0.05, 0.1) is 0 Å². The molecule has 4 heavy (non-hydrogen) atoms. The molecule has 0 saturated heterocycles. The van der Waals surface area contributed by atoms with Gasteiger partial charge in [-0.2, -0.15) is 0 Å². The summed E-state index contributed by atoms with van der Waals surface area (Å²) in [7, 11) is 14.8. The molecule has 0 aromatic rings. The van der Waals surface area contributed by atoms with Gasteiger partial charge in [-0.1, -0.05) is 0 Å². The minimum Gasteiger partial charge on any atom is -0.214 e. The van der Waals surface area contributed by atoms with Crippen molar-refractivity contribution in [2.75, 3.05) is 0 Å². The first-order chi connectivity index (χ1) is 1.73. The maximum Gasteiger partial charge on any atom is 0.643 e. The Morgan fingerprint density at radius 3 is 1.25 bits per heavy atom. The van der Waals surface area contributed by atoms with Gasteiger partial charge in [-0.15, -0.1) is 0 Å². The predicted octanol–water partition coefficient (Wildman–Crippen LogP) is 1.93. The third kappa shape index (κ3) is 9.98.